The summed E-state index contributed by atoms with van der Waals surface area (Å²) in [5.41, 5.74) is 4.88. The monoisotopic (exact) mass is 117 g/mol. The Bertz CT molecular complexity index is 110. The first-order chi connectivity index (χ1) is 3.68. The molecule has 0 aromatic rings. The fourth-order valence-electron chi connectivity index (χ4n) is 0.175. The summed E-state index contributed by atoms with van der Waals surface area (Å²) in [5.74, 6) is -1.16. The Balaban J connectivity index is 3.64. The smallest absolute Gasteiger partial charge is 0.324 e. The van der Waals surface area contributed by atoms with Crippen LogP contribution >= 0.6 is 0 Å². The van der Waals surface area contributed by atoms with Crippen LogP contribution in [0.25, 0.3) is 0 Å². The molecule has 4 heteroatoms. The Labute approximate surface area is 46.2 Å². The van der Waals surface area contributed by atoms with E-state index in [1.165, 1.54) is 0 Å². The van der Waals surface area contributed by atoms with Gasteiger partial charge in [-0.25, -0.2) is 0 Å². The number of carbonyl (C=O) groups is 1. The molecule has 0 aliphatic heterocycles. The highest BCUT2D eigenvalue weighted by molar-refractivity contribution is 5.75. The highest BCUT2D eigenvalue weighted by Crippen LogP contribution is 1.77. The third-order valence-corrected chi connectivity index (χ3v) is 0.579. The second-order valence-corrected chi connectivity index (χ2v) is 1.21. The zero-order valence-corrected chi connectivity index (χ0v) is 4.11. The van der Waals surface area contributed by atoms with E-state index >= 15 is 0 Å². The Morgan fingerprint density at radius 2 is 2.25 bits per heavy atom. The third-order valence-electron chi connectivity index (χ3n) is 0.579. The van der Waals surface area contributed by atoms with Crippen molar-refractivity contribution in [2.24, 2.45) is 5.73 Å². The van der Waals surface area contributed by atoms with Crippen LogP contribution < -0.4 is 5.73 Å². The van der Waals surface area contributed by atoms with Crippen molar-refractivity contribution >= 4 is 5.97 Å². The van der Waals surface area contributed by atoms with Crippen molar-refractivity contribution in [2.75, 3.05) is 0 Å². The van der Waals surface area contributed by atoms with Crippen LogP contribution in [-0.2, 0) is 4.79 Å². The second-order valence-electron chi connectivity index (χ2n) is 1.21. The number of nitrogens with two attached hydrogens (primary N) is 1. The summed E-state index contributed by atoms with van der Waals surface area (Å²) in [5, 5.41) is 16.0. The molecule has 46 valence electrons. The van der Waals surface area contributed by atoms with Gasteiger partial charge in [-0.1, -0.05) is 0 Å². The first-order valence-electron chi connectivity index (χ1n) is 1.97. The second kappa shape index (κ2) is 3.04. The van der Waals surface area contributed by atoms with Crippen molar-refractivity contribution in [1.82, 2.24) is 0 Å². The van der Waals surface area contributed by atoms with Gasteiger partial charge >= 0.3 is 5.97 Å². The lowest BCUT2D eigenvalue weighted by atomic mass is 10.3. The average Bonchev–Trinajstić information content (AvgIpc) is 1.67. The van der Waals surface area contributed by atoms with Crippen LogP contribution in [0.1, 0.15) is 0 Å². The number of carboxylic acid groups (broad SMARTS) is 1. The highest BCUT2D eigenvalue weighted by Gasteiger charge is 2.04. The van der Waals surface area contributed by atoms with Crippen molar-refractivity contribution in [3.63, 3.8) is 0 Å². The van der Waals surface area contributed by atoms with Crippen LogP contribution in [0.15, 0.2) is 12.3 Å². The van der Waals surface area contributed by atoms with E-state index in [1.807, 2.05) is 0 Å². The molecule has 0 aliphatic rings. The predicted molar refractivity (Wildman–Crippen MR) is 27.4 cm³/mol. The van der Waals surface area contributed by atoms with Crippen LogP contribution in [0, 0.1) is 0 Å². The predicted octanol–water partition coefficient (Wildman–Crippen LogP) is -0.530. The summed E-state index contributed by atoms with van der Waals surface area (Å²) in [6.07, 6.45) is 1.58. The molecule has 0 amide bonds. The van der Waals surface area contributed by atoms with Crippen molar-refractivity contribution in [3.8, 4) is 0 Å². The topological polar surface area (TPSA) is 83.5 Å². The number of carboxylic acids is 1. The van der Waals surface area contributed by atoms with Crippen molar-refractivity contribution in [3.05, 3.63) is 12.3 Å². The summed E-state index contributed by atoms with van der Waals surface area (Å²) in [6.45, 7) is 0. The number of hydrogen-bond donors (Lipinski definition) is 3. The van der Waals surface area contributed by atoms with Crippen LogP contribution in [0.5, 0.6) is 0 Å². The minimum Gasteiger partial charge on any atom is -0.516 e. The molecule has 4 nitrogen and oxygen atoms in total. The minimum absolute atomic E-state index is 0.610. The molecule has 0 aromatic heterocycles. The largest absolute Gasteiger partial charge is 0.516 e. The van der Waals surface area contributed by atoms with E-state index in [0.29, 0.717) is 6.26 Å². The lowest BCUT2D eigenvalue weighted by Gasteiger charge is -1.93. The highest BCUT2D eigenvalue weighted by atomic mass is 16.4. The zero-order valence-electron chi connectivity index (χ0n) is 4.11. The molecule has 0 aromatic carbocycles. The molecule has 0 saturated carbocycles. The maximum atomic E-state index is 9.80. The molecule has 0 bridgehead atoms. The van der Waals surface area contributed by atoms with Gasteiger partial charge in [-0.3, -0.25) is 4.79 Å². The fraction of sp³-hybridized carbons (Fsp3) is 0.250. The van der Waals surface area contributed by atoms with Crippen molar-refractivity contribution < 1.29 is 15.0 Å². The molecule has 0 heterocycles. The molecule has 4 N–H and O–H groups in total. The average molecular weight is 117 g/mol. The van der Waals surface area contributed by atoms with E-state index in [-0.39, 0.29) is 0 Å². The summed E-state index contributed by atoms with van der Waals surface area (Å²) < 4.78 is 0. The number of rotatable bonds is 2. The molecular weight excluding hydrogens is 110 g/mol. The number of aliphatic hydroxyl groups is 1. The van der Waals surface area contributed by atoms with Crippen molar-refractivity contribution in [1.29, 1.82) is 0 Å². The first kappa shape index (κ1) is 6.97. The quantitative estimate of drug-likeness (QED) is 0.424. The van der Waals surface area contributed by atoms with E-state index in [2.05, 4.69) is 0 Å². The Hall–Kier alpha value is -1.03. The molecule has 0 spiro atoms. The lowest BCUT2D eigenvalue weighted by molar-refractivity contribution is -0.137. The first-order valence-corrected chi connectivity index (χ1v) is 1.97. The van der Waals surface area contributed by atoms with Crippen LogP contribution in [0.3, 0.4) is 0 Å². The molecule has 8 heavy (non-hydrogen) atoms. The van der Waals surface area contributed by atoms with E-state index in [0.717, 1.165) is 6.08 Å². The van der Waals surface area contributed by atoms with Gasteiger partial charge in [0.1, 0.15) is 6.04 Å². The standard InChI is InChI=1S/C4H7NO3/c5-3(1-2-6)4(7)8/h1-3,6H,5H2,(H,7,8)/b2-1+/t3-/m0/s1. The molecule has 0 aliphatic carbocycles. The Morgan fingerprint density at radius 3 is 2.38 bits per heavy atom. The molecule has 1 atom stereocenters. The van der Waals surface area contributed by atoms with Crippen molar-refractivity contribution in [2.45, 2.75) is 6.04 Å². The van der Waals surface area contributed by atoms with Gasteiger partial charge in [0, 0.05) is 0 Å². The summed E-state index contributed by atoms with van der Waals surface area (Å²) in [7, 11) is 0. The van der Waals surface area contributed by atoms with Gasteiger partial charge in [-0.15, -0.1) is 0 Å². The zero-order chi connectivity index (χ0) is 6.57. The van der Waals surface area contributed by atoms with Gasteiger partial charge in [0.15, 0.2) is 0 Å². The van der Waals surface area contributed by atoms with Crippen LogP contribution in [0.2, 0.25) is 0 Å². The molecule has 0 unspecified atom stereocenters. The van der Waals surface area contributed by atoms with Gasteiger partial charge in [0.2, 0.25) is 0 Å². The van der Waals surface area contributed by atoms with E-state index < -0.39 is 12.0 Å². The van der Waals surface area contributed by atoms with Gasteiger partial charge < -0.3 is 15.9 Å². The molecule has 0 saturated heterocycles. The minimum atomic E-state index is -1.16. The molecular formula is C4H7NO3. The van der Waals surface area contributed by atoms with Gasteiger partial charge in [-0.2, -0.15) is 0 Å². The molecule has 0 rings (SSSR count). The van der Waals surface area contributed by atoms with Crippen LogP contribution in [0.4, 0.5) is 0 Å². The Morgan fingerprint density at radius 1 is 1.75 bits per heavy atom. The third kappa shape index (κ3) is 2.20. The number of aliphatic hydroxyl groups excluding tert-OH is 1. The van der Waals surface area contributed by atoms with E-state index in [9.17, 15) is 4.79 Å². The summed E-state index contributed by atoms with van der Waals surface area (Å²) >= 11 is 0. The fourth-order valence-corrected chi connectivity index (χ4v) is 0.175. The van der Waals surface area contributed by atoms with E-state index in [1.54, 1.807) is 0 Å². The molecule has 0 fully saturated rings. The van der Waals surface area contributed by atoms with Gasteiger partial charge in [0.05, 0.1) is 6.26 Å². The summed E-state index contributed by atoms with van der Waals surface area (Å²) in [4.78, 5) is 9.80. The van der Waals surface area contributed by atoms with E-state index in [4.69, 9.17) is 15.9 Å². The van der Waals surface area contributed by atoms with Gasteiger partial charge in [0.25, 0.3) is 0 Å². The number of hydrogen-bond acceptors (Lipinski definition) is 3. The summed E-state index contributed by atoms with van der Waals surface area (Å²) in [6, 6.07) is -1.10. The van der Waals surface area contributed by atoms with Crippen LogP contribution in [-0.4, -0.2) is 22.2 Å². The Kier molecular flexibility index (Phi) is 2.64. The van der Waals surface area contributed by atoms with Gasteiger partial charge in [-0.05, 0) is 6.08 Å². The molecule has 0 radical (unpaired) electrons. The SMILES string of the molecule is N[C@@H](/C=C/O)C(=O)O. The maximum absolute atomic E-state index is 9.80. The maximum Gasteiger partial charge on any atom is 0.324 e. The normalized spacial score (nSPS) is 14.1. The number of aliphatic carboxylic acids is 1. The lowest BCUT2D eigenvalue weighted by Crippen LogP contribution is -2.27.